The van der Waals surface area contributed by atoms with Crippen LogP contribution in [0.4, 0.5) is 30.4 Å². The van der Waals surface area contributed by atoms with Gasteiger partial charge in [0.2, 0.25) is 0 Å². The predicted octanol–water partition coefficient (Wildman–Crippen LogP) is 3.86. The summed E-state index contributed by atoms with van der Waals surface area (Å²) >= 11 is 5.99. The van der Waals surface area contributed by atoms with E-state index < -0.39 is 16.7 Å². The maximum Gasteiger partial charge on any atom is 0.417 e. The zero-order chi connectivity index (χ0) is 20.5. The molecule has 1 aliphatic heterocycles. The molecule has 7 nitrogen and oxygen atoms in total. The lowest BCUT2D eigenvalue weighted by Crippen LogP contribution is -2.47. The number of pyridine rings is 1. The number of nitrogens with zero attached hydrogens (tertiary/aromatic N) is 5. The largest absolute Gasteiger partial charge is 0.417 e. The fourth-order valence-corrected chi connectivity index (χ4v) is 3.27. The van der Waals surface area contributed by atoms with Crippen molar-refractivity contribution in [1.29, 1.82) is 5.26 Å². The maximum atomic E-state index is 12.7. The van der Waals surface area contributed by atoms with Gasteiger partial charge in [-0.05, 0) is 12.1 Å². The Bertz CT molecular complexity index is 953. The molecule has 1 saturated heterocycles. The van der Waals surface area contributed by atoms with Gasteiger partial charge in [0.25, 0.3) is 5.69 Å². The number of nitriles is 1. The molecule has 28 heavy (non-hydrogen) atoms. The SMILES string of the molecule is N#Cc1cc([N+](=O)[O-])ccc1N1CCN(c2ncc(C(F)(F)F)cc2Cl)CC1. The fourth-order valence-electron chi connectivity index (χ4n) is 2.98. The van der Waals surface area contributed by atoms with Crippen LogP contribution in [-0.4, -0.2) is 36.1 Å². The molecule has 1 aromatic carbocycles. The number of nitro benzene ring substituents is 1. The minimum Gasteiger partial charge on any atom is -0.367 e. The standard InChI is InChI=1S/C17H13ClF3N5O2/c18-14-8-12(17(19,20)21)10-23-16(14)25-5-3-24(4-6-25)15-2-1-13(26(27)28)7-11(15)9-22/h1-2,7-8,10H,3-6H2. The lowest BCUT2D eigenvalue weighted by molar-refractivity contribution is -0.384. The van der Waals surface area contributed by atoms with Gasteiger partial charge in [-0.3, -0.25) is 10.1 Å². The van der Waals surface area contributed by atoms with Crippen LogP contribution in [0.3, 0.4) is 0 Å². The zero-order valence-corrected chi connectivity index (χ0v) is 15.0. The molecule has 2 heterocycles. The average Bonchev–Trinajstić information content (AvgIpc) is 2.67. The number of hydrogen-bond donors (Lipinski definition) is 0. The van der Waals surface area contributed by atoms with E-state index in [0.29, 0.717) is 31.9 Å². The monoisotopic (exact) mass is 411 g/mol. The highest BCUT2D eigenvalue weighted by Crippen LogP contribution is 2.34. The van der Waals surface area contributed by atoms with Crippen LogP contribution in [0, 0.1) is 21.4 Å². The summed E-state index contributed by atoms with van der Waals surface area (Å²) in [6, 6.07) is 6.88. The van der Waals surface area contributed by atoms with Crippen molar-refractivity contribution in [2.24, 2.45) is 0 Å². The first-order valence-electron chi connectivity index (χ1n) is 8.12. The van der Waals surface area contributed by atoms with Gasteiger partial charge in [-0.25, -0.2) is 4.98 Å². The summed E-state index contributed by atoms with van der Waals surface area (Å²) in [5, 5.41) is 20.1. The van der Waals surface area contributed by atoms with Crippen LogP contribution in [0.5, 0.6) is 0 Å². The number of aromatic nitrogens is 1. The summed E-state index contributed by atoms with van der Waals surface area (Å²) in [5.41, 5.74) is -0.323. The van der Waals surface area contributed by atoms with Crippen molar-refractivity contribution in [2.75, 3.05) is 36.0 Å². The highest BCUT2D eigenvalue weighted by Gasteiger charge is 2.32. The Balaban J connectivity index is 1.75. The van der Waals surface area contributed by atoms with Crippen LogP contribution in [0.2, 0.25) is 5.02 Å². The molecule has 3 rings (SSSR count). The highest BCUT2D eigenvalue weighted by molar-refractivity contribution is 6.33. The van der Waals surface area contributed by atoms with Gasteiger partial charge in [0, 0.05) is 44.5 Å². The molecule has 146 valence electrons. The summed E-state index contributed by atoms with van der Waals surface area (Å²) < 4.78 is 38.2. The first-order valence-corrected chi connectivity index (χ1v) is 8.49. The first-order chi connectivity index (χ1) is 13.2. The topological polar surface area (TPSA) is 86.3 Å². The molecule has 11 heteroatoms. The number of rotatable bonds is 3. The Hall–Kier alpha value is -3.06. The molecular weight excluding hydrogens is 399 g/mol. The number of halogens is 4. The third-order valence-corrected chi connectivity index (χ3v) is 4.66. The number of benzene rings is 1. The van der Waals surface area contributed by atoms with Crippen molar-refractivity contribution < 1.29 is 18.1 Å². The molecule has 0 spiro atoms. The Morgan fingerprint density at radius 2 is 1.82 bits per heavy atom. The van der Waals surface area contributed by atoms with E-state index in [1.54, 1.807) is 4.90 Å². The number of non-ortho nitro benzene ring substituents is 1. The Morgan fingerprint density at radius 3 is 2.36 bits per heavy atom. The molecule has 1 fully saturated rings. The number of piperazine rings is 1. The molecule has 0 saturated carbocycles. The third-order valence-electron chi connectivity index (χ3n) is 4.38. The molecule has 0 radical (unpaired) electrons. The molecule has 2 aromatic rings. The lowest BCUT2D eigenvalue weighted by Gasteiger charge is -2.37. The maximum absolute atomic E-state index is 12.7. The number of alkyl halides is 3. The second kappa shape index (κ2) is 7.52. The molecule has 0 bridgehead atoms. The predicted molar refractivity (Wildman–Crippen MR) is 96.5 cm³/mol. The summed E-state index contributed by atoms with van der Waals surface area (Å²) in [6.45, 7) is 1.73. The molecule has 1 aromatic heterocycles. The second-order valence-electron chi connectivity index (χ2n) is 6.07. The molecule has 1 aliphatic rings. The highest BCUT2D eigenvalue weighted by atomic mass is 35.5. The van der Waals surface area contributed by atoms with Crippen molar-refractivity contribution in [3.05, 3.63) is 56.7 Å². The van der Waals surface area contributed by atoms with Gasteiger partial charge in [-0.2, -0.15) is 18.4 Å². The van der Waals surface area contributed by atoms with E-state index >= 15 is 0 Å². The van der Waals surface area contributed by atoms with Crippen LogP contribution in [0.1, 0.15) is 11.1 Å². The van der Waals surface area contributed by atoms with Gasteiger partial charge in [0.1, 0.15) is 11.9 Å². The van der Waals surface area contributed by atoms with Crippen molar-refractivity contribution >= 4 is 28.8 Å². The Labute approximate surface area is 162 Å². The van der Waals surface area contributed by atoms with Crippen molar-refractivity contribution in [3.63, 3.8) is 0 Å². The van der Waals surface area contributed by atoms with Gasteiger partial charge in [-0.15, -0.1) is 0 Å². The molecular formula is C17H13ClF3N5O2. The summed E-state index contributed by atoms with van der Waals surface area (Å²) in [7, 11) is 0. The molecule has 0 atom stereocenters. The number of hydrogen-bond acceptors (Lipinski definition) is 6. The van der Waals surface area contributed by atoms with E-state index in [4.69, 9.17) is 11.6 Å². The van der Waals surface area contributed by atoms with Crippen molar-refractivity contribution in [1.82, 2.24) is 4.98 Å². The molecule has 0 amide bonds. The van der Waals surface area contributed by atoms with Crippen molar-refractivity contribution in [2.45, 2.75) is 6.18 Å². The molecule has 0 N–H and O–H groups in total. The van der Waals surface area contributed by atoms with Crippen LogP contribution < -0.4 is 9.80 Å². The second-order valence-corrected chi connectivity index (χ2v) is 6.48. The Kier molecular flexibility index (Phi) is 5.29. The lowest BCUT2D eigenvalue weighted by atomic mass is 10.1. The molecule has 0 aliphatic carbocycles. The van der Waals surface area contributed by atoms with Crippen LogP contribution >= 0.6 is 11.6 Å². The van der Waals surface area contributed by atoms with Gasteiger partial charge in [0.05, 0.1) is 26.8 Å². The Morgan fingerprint density at radius 1 is 1.18 bits per heavy atom. The van der Waals surface area contributed by atoms with Gasteiger partial charge in [0.15, 0.2) is 0 Å². The van der Waals surface area contributed by atoms with Crippen LogP contribution in [0.25, 0.3) is 0 Å². The molecule has 0 unspecified atom stereocenters. The van der Waals surface area contributed by atoms with E-state index in [1.165, 1.54) is 18.2 Å². The minimum absolute atomic E-state index is 0.0867. The number of anilines is 2. The summed E-state index contributed by atoms with van der Waals surface area (Å²) in [4.78, 5) is 17.8. The van der Waals surface area contributed by atoms with E-state index in [9.17, 15) is 28.5 Å². The van der Waals surface area contributed by atoms with Gasteiger partial charge in [-0.1, -0.05) is 11.6 Å². The van der Waals surface area contributed by atoms with Crippen LogP contribution in [0.15, 0.2) is 30.5 Å². The summed E-state index contributed by atoms with van der Waals surface area (Å²) in [5.74, 6) is 0.263. The quantitative estimate of drug-likeness (QED) is 0.563. The first kappa shape index (κ1) is 19.7. The van der Waals surface area contributed by atoms with E-state index in [1.807, 2.05) is 11.0 Å². The van der Waals surface area contributed by atoms with E-state index in [0.717, 1.165) is 12.3 Å². The third kappa shape index (κ3) is 3.94. The average molecular weight is 412 g/mol. The van der Waals surface area contributed by atoms with Crippen molar-refractivity contribution in [3.8, 4) is 6.07 Å². The fraction of sp³-hybridized carbons (Fsp3) is 0.294. The zero-order valence-electron chi connectivity index (χ0n) is 14.3. The minimum atomic E-state index is -4.52. The summed E-state index contributed by atoms with van der Waals surface area (Å²) in [6.07, 6.45) is -3.77. The van der Waals surface area contributed by atoms with Crippen LogP contribution in [-0.2, 0) is 6.18 Å². The normalized spacial score (nSPS) is 14.7. The smallest absolute Gasteiger partial charge is 0.367 e. The van der Waals surface area contributed by atoms with E-state index in [2.05, 4.69) is 4.98 Å². The number of nitro groups is 1. The van der Waals surface area contributed by atoms with E-state index in [-0.39, 0.29) is 22.1 Å². The van der Waals surface area contributed by atoms with Gasteiger partial charge < -0.3 is 9.80 Å². The van der Waals surface area contributed by atoms with Gasteiger partial charge >= 0.3 is 6.18 Å².